The number of aromatic nitrogens is 3. The minimum absolute atomic E-state index is 0.292. The highest BCUT2D eigenvalue weighted by Crippen LogP contribution is 2.20. The largest absolute Gasteiger partial charge is 0.370 e. The smallest absolute Gasteiger partial charge is 0.217 e. The first kappa shape index (κ1) is 16.0. The van der Waals surface area contributed by atoms with Crippen molar-refractivity contribution in [3.05, 3.63) is 5.82 Å². The monoisotopic (exact) mass is 284 g/mol. The van der Waals surface area contributed by atoms with Gasteiger partial charge in [-0.3, -0.25) is 4.79 Å². The fraction of sp³-hybridized carbons (Fsp3) is 0.769. The summed E-state index contributed by atoms with van der Waals surface area (Å²) in [7, 11) is 0. The van der Waals surface area contributed by atoms with Crippen LogP contribution in [0.25, 0.3) is 0 Å². The molecule has 5 nitrogen and oxygen atoms in total. The van der Waals surface area contributed by atoms with Crippen molar-refractivity contribution in [2.24, 2.45) is 11.7 Å². The third kappa shape index (κ3) is 5.63. The van der Waals surface area contributed by atoms with Gasteiger partial charge in [0.25, 0.3) is 0 Å². The second-order valence-corrected chi connectivity index (χ2v) is 6.13. The van der Waals surface area contributed by atoms with Crippen molar-refractivity contribution in [3.8, 4) is 0 Å². The molecule has 1 aromatic rings. The molecule has 1 amide bonds. The number of carbonyl (C=O) groups excluding carboxylic acids is 1. The second kappa shape index (κ2) is 8.19. The Kier molecular flexibility index (Phi) is 6.91. The van der Waals surface area contributed by atoms with Gasteiger partial charge in [0.2, 0.25) is 5.91 Å². The number of thioether (sulfide) groups is 1. The Morgan fingerprint density at radius 1 is 1.42 bits per heavy atom. The van der Waals surface area contributed by atoms with Crippen LogP contribution >= 0.6 is 11.8 Å². The van der Waals surface area contributed by atoms with Gasteiger partial charge in [0.05, 0.1) is 0 Å². The maximum Gasteiger partial charge on any atom is 0.217 e. The summed E-state index contributed by atoms with van der Waals surface area (Å²) in [6, 6.07) is 0. The maximum atomic E-state index is 10.9. The number of hydrogen-bond donors (Lipinski definition) is 1. The van der Waals surface area contributed by atoms with E-state index in [1.54, 1.807) is 11.8 Å². The number of primary amides is 1. The lowest BCUT2D eigenvalue weighted by Crippen LogP contribution is -2.15. The van der Waals surface area contributed by atoms with Crippen molar-refractivity contribution in [2.45, 2.75) is 58.2 Å². The molecule has 0 unspecified atom stereocenters. The molecule has 0 bridgehead atoms. The van der Waals surface area contributed by atoms with Crippen molar-refractivity contribution < 1.29 is 4.79 Å². The van der Waals surface area contributed by atoms with Gasteiger partial charge in [0.15, 0.2) is 5.16 Å². The topological polar surface area (TPSA) is 73.8 Å². The SMILES string of the molecule is CCCCSc1nnc(CCC(N)=O)n1CC(C)C. The Hall–Kier alpha value is -1.04. The van der Waals surface area contributed by atoms with E-state index in [4.69, 9.17) is 5.73 Å². The molecule has 2 N–H and O–H groups in total. The van der Waals surface area contributed by atoms with Crippen LogP contribution in [0.1, 0.15) is 45.9 Å². The fourth-order valence-corrected chi connectivity index (χ4v) is 2.75. The summed E-state index contributed by atoms with van der Waals surface area (Å²) < 4.78 is 2.13. The molecule has 0 saturated heterocycles. The number of carbonyl (C=O) groups is 1. The van der Waals surface area contributed by atoms with Gasteiger partial charge in [-0.25, -0.2) is 0 Å². The quantitative estimate of drug-likeness (QED) is 0.557. The molecule has 0 spiro atoms. The fourth-order valence-electron chi connectivity index (χ4n) is 1.70. The molecule has 0 fully saturated rings. The molecule has 0 aliphatic carbocycles. The zero-order valence-corrected chi connectivity index (χ0v) is 12.9. The molecule has 0 radical (unpaired) electrons. The van der Waals surface area contributed by atoms with E-state index in [1.807, 2.05) is 0 Å². The minimum Gasteiger partial charge on any atom is -0.370 e. The number of amides is 1. The molecule has 0 aliphatic heterocycles. The molecular weight excluding hydrogens is 260 g/mol. The van der Waals surface area contributed by atoms with E-state index in [2.05, 4.69) is 35.5 Å². The first-order valence-electron chi connectivity index (χ1n) is 6.87. The van der Waals surface area contributed by atoms with Crippen LogP contribution in [0.15, 0.2) is 5.16 Å². The van der Waals surface area contributed by atoms with Gasteiger partial charge >= 0.3 is 0 Å². The summed E-state index contributed by atoms with van der Waals surface area (Å²) in [5.74, 6) is 2.15. The molecule has 1 heterocycles. The van der Waals surface area contributed by atoms with Crippen LogP contribution in [0, 0.1) is 5.92 Å². The van der Waals surface area contributed by atoms with Crippen LogP contribution in [0.3, 0.4) is 0 Å². The number of nitrogens with zero attached hydrogens (tertiary/aromatic N) is 3. The van der Waals surface area contributed by atoms with E-state index in [-0.39, 0.29) is 5.91 Å². The molecule has 0 aliphatic rings. The van der Waals surface area contributed by atoms with Gasteiger partial charge in [-0.15, -0.1) is 10.2 Å². The Morgan fingerprint density at radius 3 is 2.74 bits per heavy atom. The number of unbranched alkanes of at least 4 members (excludes halogenated alkanes) is 1. The van der Waals surface area contributed by atoms with E-state index >= 15 is 0 Å². The van der Waals surface area contributed by atoms with E-state index in [0.29, 0.717) is 18.8 Å². The van der Waals surface area contributed by atoms with Gasteiger partial charge in [-0.2, -0.15) is 0 Å². The standard InChI is InChI=1S/C13H24N4OS/c1-4-5-8-19-13-16-15-12(7-6-11(14)18)17(13)9-10(2)3/h10H,4-9H2,1-3H3,(H2,14,18). The molecule has 0 atom stereocenters. The minimum atomic E-state index is -0.292. The first-order chi connectivity index (χ1) is 9.04. The summed E-state index contributed by atoms with van der Waals surface area (Å²) in [5.41, 5.74) is 5.20. The highest BCUT2D eigenvalue weighted by molar-refractivity contribution is 7.99. The average Bonchev–Trinajstić information content (AvgIpc) is 2.69. The predicted octanol–water partition coefficient (Wildman–Crippen LogP) is 2.24. The van der Waals surface area contributed by atoms with Crippen LogP contribution in [-0.4, -0.2) is 26.4 Å². The Bertz CT molecular complexity index is 403. The highest BCUT2D eigenvalue weighted by atomic mass is 32.2. The van der Waals surface area contributed by atoms with Gasteiger partial charge < -0.3 is 10.3 Å². The van der Waals surface area contributed by atoms with Gasteiger partial charge in [-0.05, 0) is 12.3 Å². The zero-order valence-electron chi connectivity index (χ0n) is 12.1. The summed E-state index contributed by atoms with van der Waals surface area (Å²) in [5, 5.41) is 9.41. The lowest BCUT2D eigenvalue weighted by molar-refractivity contribution is -0.118. The molecular formula is C13H24N4OS. The summed E-state index contributed by atoms with van der Waals surface area (Å²) in [6.45, 7) is 7.39. The van der Waals surface area contributed by atoms with Crippen LogP contribution in [0.2, 0.25) is 0 Å². The lowest BCUT2D eigenvalue weighted by atomic mass is 10.2. The first-order valence-corrected chi connectivity index (χ1v) is 7.86. The molecule has 6 heteroatoms. The third-order valence-corrected chi connectivity index (χ3v) is 3.72. The summed E-state index contributed by atoms with van der Waals surface area (Å²) in [6.07, 6.45) is 3.26. The van der Waals surface area contributed by atoms with Gasteiger partial charge in [0.1, 0.15) is 5.82 Å². The Labute approximate surface area is 119 Å². The van der Waals surface area contributed by atoms with Gasteiger partial charge in [0, 0.05) is 25.1 Å². The maximum absolute atomic E-state index is 10.9. The Morgan fingerprint density at radius 2 is 2.16 bits per heavy atom. The molecule has 1 aromatic heterocycles. The van der Waals surface area contributed by atoms with Gasteiger partial charge in [-0.1, -0.05) is 39.0 Å². The number of aryl methyl sites for hydroxylation is 1. The van der Waals surface area contributed by atoms with Crippen molar-refractivity contribution >= 4 is 17.7 Å². The van der Waals surface area contributed by atoms with Crippen LogP contribution < -0.4 is 5.73 Å². The predicted molar refractivity (Wildman–Crippen MR) is 78.0 cm³/mol. The third-order valence-electron chi connectivity index (χ3n) is 2.67. The summed E-state index contributed by atoms with van der Waals surface area (Å²) in [4.78, 5) is 10.9. The highest BCUT2D eigenvalue weighted by Gasteiger charge is 2.14. The second-order valence-electron chi connectivity index (χ2n) is 5.07. The van der Waals surface area contributed by atoms with E-state index in [9.17, 15) is 4.79 Å². The number of nitrogens with two attached hydrogens (primary N) is 1. The molecule has 0 aromatic carbocycles. The molecule has 108 valence electrons. The Balaban J connectivity index is 2.75. The molecule has 19 heavy (non-hydrogen) atoms. The van der Waals surface area contributed by atoms with Crippen molar-refractivity contribution in [1.29, 1.82) is 0 Å². The summed E-state index contributed by atoms with van der Waals surface area (Å²) >= 11 is 1.74. The van der Waals surface area contributed by atoms with E-state index in [0.717, 1.165) is 23.3 Å². The van der Waals surface area contributed by atoms with Crippen molar-refractivity contribution in [1.82, 2.24) is 14.8 Å². The van der Waals surface area contributed by atoms with Crippen molar-refractivity contribution in [2.75, 3.05) is 5.75 Å². The van der Waals surface area contributed by atoms with E-state index < -0.39 is 0 Å². The van der Waals surface area contributed by atoms with Crippen LogP contribution in [-0.2, 0) is 17.8 Å². The van der Waals surface area contributed by atoms with E-state index in [1.165, 1.54) is 12.8 Å². The number of rotatable bonds is 9. The average molecular weight is 284 g/mol. The molecule has 1 rings (SSSR count). The number of hydrogen-bond acceptors (Lipinski definition) is 4. The van der Waals surface area contributed by atoms with Crippen LogP contribution in [0.5, 0.6) is 0 Å². The zero-order chi connectivity index (χ0) is 14.3. The lowest BCUT2D eigenvalue weighted by Gasteiger charge is -2.12. The molecule has 0 saturated carbocycles. The normalized spacial score (nSPS) is 11.2. The van der Waals surface area contributed by atoms with Crippen LogP contribution in [0.4, 0.5) is 0 Å². The van der Waals surface area contributed by atoms with Crippen molar-refractivity contribution in [3.63, 3.8) is 0 Å².